The number of hydrogen-bond donors (Lipinski definition) is 1. The number of carbonyl (C=O) groups excluding carboxylic acids is 1. The summed E-state index contributed by atoms with van der Waals surface area (Å²) in [5.41, 5.74) is 0.214. The molecule has 7 heteroatoms. The van der Waals surface area contributed by atoms with Gasteiger partial charge < -0.3 is 4.90 Å². The van der Waals surface area contributed by atoms with Crippen molar-refractivity contribution in [2.45, 2.75) is 49.6 Å². The molecule has 1 aromatic rings. The first-order valence-electron chi connectivity index (χ1n) is 7.55. The highest BCUT2D eigenvalue weighted by Crippen LogP contribution is 2.29. The van der Waals surface area contributed by atoms with Crippen molar-refractivity contribution in [3.05, 3.63) is 29.6 Å². The normalized spacial score (nSPS) is 18.3. The Labute approximate surface area is 129 Å². The van der Waals surface area contributed by atoms with Gasteiger partial charge in [-0.3, -0.25) is 4.79 Å². The lowest BCUT2D eigenvalue weighted by Crippen LogP contribution is -2.33. The summed E-state index contributed by atoms with van der Waals surface area (Å²) in [7, 11) is -3.92. The molecule has 0 bridgehead atoms. The van der Waals surface area contributed by atoms with Crippen LogP contribution in [-0.4, -0.2) is 37.9 Å². The van der Waals surface area contributed by atoms with Gasteiger partial charge >= 0.3 is 0 Å². The van der Waals surface area contributed by atoms with Crippen LogP contribution < -0.4 is 4.72 Å². The molecule has 0 atom stereocenters. The second-order valence-electron chi connectivity index (χ2n) is 5.86. The van der Waals surface area contributed by atoms with E-state index in [9.17, 15) is 17.6 Å². The van der Waals surface area contributed by atoms with E-state index in [1.807, 2.05) is 6.92 Å². The van der Waals surface area contributed by atoms with Gasteiger partial charge in [0, 0.05) is 24.2 Å². The highest BCUT2D eigenvalue weighted by molar-refractivity contribution is 7.89. The second kappa shape index (κ2) is 5.62. The molecule has 1 N–H and O–H groups in total. The third-order valence-corrected chi connectivity index (χ3v) is 5.49. The van der Waals surface area contributed by atoms with Crippen LogP contribution in [0.2, 0.25) is 0 Å². The quantitative estimate of drug-likeness (QED) is 0.868. The average molecular weight is 326 g/mol. The fraction of sp³-hybridized carbons (Fsp3) is 0.533. The summed E-state index contributed by atoms with van der Waals surface area (Å²) in [5.74, 6) is -1.08. The van der Waals surface area contributed by atoms with E-state index in [1.54, 1.807) is 4.90 Å². The van der Waals surface area contributed by atoms with Crippen LogP contribution in [0.25, 0.3) is 0 Å². The van der Waals surface area contributed by atoms with Crippen molar-refractivity contribution in [3.8, 4) is 0 Å². The van der Waals surface area contributed by atoms with Crippen LogP contribution in [0.5, 0.6) is 0 Å². The molecule has 3 rings (SSSR count). The van der Waals surface area contributed by atoms with Crippen molar-refractivity contribution in [2.75, 3.05) is 6.54 Å². The van der Waals surface area contributed by atoms with Crippen LogP contribution in [0.4, 0.5) is 4.39 Å². The molecule has 5 nitrogen and oxygen atoms in total. The molecule has 2 saturated carbocycles. The number of nitrogens with zero attached hydrogens (tertiary/aromatic N) is 1. The van der Waals surface area contributed by atoms with E-state index in [-0.39, 0.29) is 23.6 Å². The molecule has 22 heavy (non-hydrogen) atoms. The number of hydrogen-bond acceptors (Lipinski definition) is 3. The Morgan fingerprint density at radius 1 is 1.32 bits per heavy atom. The molecule has 2 aliphatic rings. The van der Waals surface area contributed by atoms with E-state index in [4.69, 9.17) is 0 Å². The van der Waals surface area contributed by atoms with Crippen LogP contribution in [0.3, 0.4) is 0 Å². The molecule has 0 radical (unpaired) electrons. The lowest BCUT2D eigenvalue weighted by molar-refractivity contribution is 0.0752. The minimum atomic E-state index is -3.92. The minimum Gasteiger partial charge on any atom is -0.336 e. The number of amides is 1. The van der Waals surface area contributed by atoms with Crippen molar-refractivity contribution in [3.63, 3.8) is 0 Å². The Morgan fingerprint density at radius 2 is 2.00 bits per heavy atom. The number of halogens is 1. The standard InChI is InChI=1S/C15H19FN2O3S/c1-2-18(12-6-7-12)15(19)10-3-8-13(16)14(9-10)22(20,21)17-11-4-5-11/h3,8-9,11-12,17H,2,4-7H2,1H3. The smallest absolute Gasteiger partial charge is 0.254 e. The van der Waals surface area contributed by atoms with Crippen LogP contribution in [0.1, 0.15) is 43.0 Å². The van der Waals surface area contributed by atoms with Crippen LogP contribution >= 0.6 is 0 Å². The molecular weight excluding hydrogens is 307 g/mol. The summed E-state index contributed by atoms with van der Waals surface area (Å²) in [5, 5.41) is 0. The predicted octanol–water partition coefficient (Wildman–Crippen LogP) is 1.89. The molecule has 0 aliphatic heterocycles. The summed E-state index contributed by atoms with van der Waals surface area (Å²) in [6, 6.07) is 3.66. The first-order valence-corrected chi connectivity index (χ1v) is 9.03. The molecule has 2 fully saturated rings. The van der Waals surface area contributed by atoms with E-state index < -0.39 is 20.7 Å². The maximum Gasteiger partial charge on any atom is 0.254 e. The number of sulfonamides is 1. The van der Waals surface area contributed by atoms with Crippen molar-refractivity contribution in [2.24, 2.45) is 0 Å². The first kappa shape index (κ1) is 15.4. The van der Waals surface area contributed by atoms with Crippen molar-refractivity contribution < 1.29 is 17.6 Å². The lowest BCUT2D eigenvalue weighted by Gasteiger charge is -2.20. The fourth-order valence-corrected chi connectivity index (χ4v) is 3.85. The van der Waals surface area contributed by atoms with Gasteiger partial charge in [0.15, 0.2) is 0 Å². The second-order valence-corrected chi connectivity index (χ2v) is 7.55. The topological polar surface area (TPSA) is 66.5 Å². The monoisotopic (exact) mass is 326 g/mol. The number of carbonyl (C=O) groups is 1. The van der Waals surface area contributed by atoms with Gasteiger partial charge in [-0.05, 0) is 50.8 Å². The number of rotatable bonds is 6. The van der Waals surface area contributed by atoms with Gasteiger partial charge in [-0.1, -0.05) is 0 Å². The molecular formula is C15H19FN2O3S. The maximum absolute atomic E-state index is 13.9. The molecule has 0 spiro atoms. The Morgan fingerprint density at radius 3 is 2.55 bits per heavy atom. The van der Waals surface area contributed by atoms with Gasteiger partial charge in [-0.2, -0.15) is 0 Å². The van der Waals surface area contributed by atoms with Crippen molar-refractivity contribution in [1.82, 2.24) is 9.62 Å². The molecule has 2 aliphatic carbocycles. The molecule has 0 aromatic heterocycles. The Balaban J connectivity index is 1.90. The van der Waals surface area contributed by atoms with Gasteiger partial charge in [0.2, 0.25) is 10.0 Å². The minimum absolute atomic E-state index is 0.109. The zero-order chi connectivity index (χ0) is 15.9. The maximum atomic E-state index is 13.9. The van der Waals surface area contributed by atoms with Crippen molar-refractivity contribution >= 4 is 15.9 Å². The molecule has 0 heterocycles. The Kier molecular flexibility index (Phi) is 3.94. The number of benzene rings is 1. The average Bonchev–Trinajstić information content (AvgIpc) is 3.34. The van der Waals surface area contributed by atoms with Crippen molar-refractivity contribution in [1.29, 1.82) is 0 Å². The van der Waals surface area contributed by atoms with Gasteiger partial charge in [-0.25, -0.2) is 17.5 Å². The van der Waals surface area contributed by atoms with Gasteiger partial charge in [0.1, 0.15) is 10.7 Å². The molecule has 120 valence electrons. The predicted molar refractivity (Wildman–Crippen MR) is 79.5 cm³/mol. The van der Waals surface area contributed by atoms with Crippen LogP contribution in [-0.2, 0) is 10.0 Å². The SMILES string of the molecule is CCN(C(=O)c1ccc(F)c(S(=O)(=O)NC2CC2)c1)C1CC1. The number of nitrogens with one attached hydrogen (secondary N) is 1. The lowest BCUT2D eigenvalue weighted by atomic mass is 10.2. The molecule has 0 unspecified atom stereocenters. The summed E-state index contributed by atoms with van der Waals surface area (Å²) >= 11 is 0. The van der Waals surface area contributed by atoms with E-state index in [0.29, 0.717) is 6.54 Å². The zero-order valence-electron chi connectivity index (χ0n) is 12.4. The third-order valence-electron chi connectivity index (χ3n) is 3.96. The van der Waals surface area contributed by atoms with Crippen LogP contribution in [0, 0.1) is 5.82 Å². The van der Waals surface area contributed by atoms with Gasteiger partial charge in [-0.15, -0.1) is 0 Å². The molecule has 1 amide bonds. The highest BCUT2D eigenvalue weighted by Gasteiger charge is 2.33. The van der Waals surface area contributed by atoms with E-state index in [1.165, 1.54) is 6.07 Å². The zero-order valence-corrected chi connectivity index (χ0v) is 13.2. The van der Waals surface area contributed by atoms with E-state index in [2.05, 4.69) is 4.72 Å². The Bertz CT molecular complexity index is 697. The first-order chi connectivity index (χ1) is 10.4. The fourth-order valence-electron chi connectivity index (χ4n) is 2.45. The molecule has 1 aromatic carbocycles. The molecule has 0 saturated heterocycles. The highest BCUT2D eigenvalue weighted by atomic mass is 32.2. The van der Waals surface area contributed by atoms with Gasteiger partial charge in [0.25, 0.3) is 5.91 Å². The summed E-state index contributed by atoms with van der Waals surface area (Å²) in [4.78, 5) is 13.7. The summed E-state index contributed by atoms with van der Waals surface area (Å²) < 4.78 is 40.7. The summed E-state index contributed by atoms with van der Waals surface area (Å²) in [6.45, 7) is 2.44. The largest absolute Gasteiger partial charge is 0.336 e. The third kappa shape index (κ3) is 3.15. The van der Waals surface area contributed by atoms with Crippen LogP contribution in [0.15, 0.2) is 23.1 Å². The summed E-state index contributed by atoms with van der Waals surface area (Å²) in [6.07, 6.45) is 3.47. The van der Waals surface area contributed by atoms with E-state index in [0.717, 1.165) is 37.8 Å². The van der Waals surface area contributed by atoms with E-state index >= 15 is 0 Å². The Hall–Kier alpha value is -1.47. The van der Waals surface area contributed by atoms with Gasteiger partial charge in [0.05, 0.1) is 0 Å².